The van der Waals surface area contributed by atoms with Gasteiger partial charge in [-0.05, 0) is 26.3 Å². The summed E-state index contributed by atoms with van der Waals surface area (Å²) in [6.45, 7) is 2.99. The molecule has 7 heteroatoms. The summed E-state index contributed by atoms with van der Waals surface area (Å²) >= 11 is 0. The van der Waals surface area contributed by atoms with E-state index in [4.69, 9.17) is 0 Å². The van der Waals surface area contributed by atoms with Gasteiger partial charge in [-0.3, -0.25) is 4.98 Å². The lowest BCUT2D eigenvalue weighted by Crippen LogP contribution is -2.37. The highest BCUT2D eigenvalue weighted by atomic mass is 32.2. The monoisotopic (exact) mass is 256 g/mol. The van der Waals surface area contributed by atoms with Crippen LogP contribution in [0.1, 0.15) is 18.5 Å². The van der Waals surface area contributed by atoms with Crippen LogP contribution in [0.15, 0.2) is 17.4 Å². The van der Waals surface area contributed by atoms with Crippen molar-refractivity contribution >= 4 is 10.0 Å². The van der Waals surface area contributed by atoms with Gasteiger partial charge in [0.05, 0.1) is 5.69 Å². The molecule has 1 aliphatic heterocycles. The second kappa shape index (κ2) is 5.07. The molecule has 0 spiro atoms. The van der Waals surface area contributed by atoms with Gasteiger partial charge in [0, 0.05) is 25.0 Å². The number of aryl methyl sites for hydroxylation is 1. The smallest absolute Gasteiger partial charge is 0.259 e. The van der Waals surface area contributed by atoms with E-state index in [-0.39, 0.29) is 11.1 Å². The first-order valence-corrected chi connectivity index (χ1v) is 7.08. The number of nitrogens with zero attached hydrogens (tertiary/aromatic N) is 2. The van der Waals surface area contributed by atoms with Crippen molar-refractivity contribution in [3.05, 3.63) is 18.1 Å². The van der Waals surface area contributed by atoms with Crippen LogP contribution in [0.2, 0.25) is 0 Å². The maximum atomic E-state index is 12.0. The highest BCUT2D eigenvalue weighted by Crippen LogP contribution is 2.09. The average Bonchev–Trinajstić information content (AvgIpc) is 2.80. The highest BCUT2D eigenvalue weighted by Gasteiger charge is 2.21. The summed E-state index contributed by atoms with van der Waals surface area (Å²) in [4.78, 5) is 7.79. The van der Waals surface area contributed by atoms with E-state index in [1.807, 2.05) is 0 Å². The van der Waals surface area contributed by atoms with Gasteiger partial charge in [-0.1, -0.05) is 0 Å². The van der Waals surface area contributed by atoms with Gasteiger partial charge in [-0.2, -0.15) is 0 Å². The fraction of sp³-hybridized carbons (Fsp3) is 0.600. The van der Waals surface area contributed by atoms with E-state index in [1.165, 1.54) is 12.4 Å². The Kier molecular flexibility index (Phi) is 3.70. The molecule has 2 N–H and O–H groups in total. The van der Waals surface area contributed by atoms with Crippen molar-refractivity contribution in [2.75, 3.05) is 13.1 Å². The molecule has 1 saturated heterocycles. The van der Waals surface area contributed by atoms with Crippen LogP contribution in [0.4, 0.5) is 0 Å². The van der Waals surface area contributed by atoms with E-state index >= 15 is 0 Å². The molecule has 1 atom stereocenters. The Morgan fingerprint density at radius 2 is 2.24 bits per heavy atom. The van der Waals surface area contributed by atoms with Crippen LogP contribution in [0.25, 0.3) is 0 Å². The predicted molar refractivity (Wildman–Crippen MR) is 63.0 cm³/mol. The molecule has 0 saturated carbocycles. The summed E-state index contributed by atoms with van der Waals surface area (Å²) in [5.74, 6) is 0. The van der Waals surface area contributed by atoms with Gasteiger partial charge < -0.3 is 5.32 Å². The SMILES string of the molecule is Cc1nccnc1S(=O)(=O)NC[C@@H]1CCCN1. The molecule has 0 aromatic carbocycles. The zero-order valence-electron chi connectivity index (χ0n) is 9.68. The van der Waals surface area contributed by atoms with Gasteiger partial charge in [-0.15, -0.1) is 0 Å². The van der Waals surface area contributed by atoms with Crippen molar-refractivity contribution in [2.45, 2.75) is 30.8 Å². The molecule has 94 valence electrons. The third-order valence-corrected chi connectivity index (χ3v) is 4.23. The minimum Gasteiger partial charge on any atom is -0.313 e. The van der Waals surface area contributed by atoms with E-state index in [1.54, 1.807) is 6.92 Å². The second-order valence-corrected chi connectivity index (χ2v) is 5.77. The van der Waals surface area contributed by atoms with Gasteiger partial charge in [0.2, 0.25) is 0 Å². The van der Waals surface area contributed by atoms with Gasteiger partial charge in [-0.25, -0.2) is 18.1 Å². The largest absolute Gasteiger partial charge is 0.313 e. The molecular weight excluding hydrogens is 240 g/mol. The Balaban J connectivity index is 2.06. The number of hydrogen-bond donors (Lipinski definition) is 2. The second-order valence-electron chi connectivity index (χ2n) is 4.09. The zero-order chi connectivity index (χ0) is 12.3. The van der Waals surface area contributed by atoms with Crippen LogP contribution in [0.3, 0.4) is 0 Å². The Morgan fingerprint density at radius 1 is 1.47 bits per heavy atom. The first-order chi connectivity index (χ1) is 8.09. The minimum atomic E-state index is -3.54. The van der Waals surface area contributed by atoms with Crippen molar-refractivity contribution in [1.82, 2.24) is 20.0 Å². The lowest BCUT2D eigenvalue weighted by molar-refractivity contribution is 0.548. The van der Waals surface area contributed by atoms with Crippen LogP contribution in [0.5, 0.6) is 0 Å². The molecule has 0 amide bonds. The molecule has 0 aliphatic carbocycles. The average molecular weight is 256 g/mol. The van der Waals surface area contributed by atoms with Crippen LogP contribution in [-0.4, -0.2) is 37.5 Å². The van der Waals surface area contributed by atoms with Gasteiger partial charge in [0.15, 0.2) is 5.03 Å². The first-order valence-electron chi connectivity index (χ1n) is 5.60. The zero-order valence-corrected chi connectivity index (χ0v) is 10.5. The summed E-state index contributed by atoms with van der Waals surface area (Å²) in [7, 11) is -3.54. The molecule has 2 rings (SSSR count). The first kappa shape index (κ1) is 12.4. The van der Waals surface area contributed by atoms with Gasteiger partial charge in [0.1, 0.15) is 0 Å². The molecular formula is C10H16N4O2S. The van der Waals surface area contributed by atoms with Crippen LogP contribution >= 0.6 is 0 Å². The predicted octanol–water partition coefficient (Wildman–Crippen LogP) is -0.185. The molecule has 1 fully saturated rings. The summed E-state index contributed by atoms with van der Waals surface area (Å²) in [5, 5.41) is 3.24. The van der Waals surface area contributed by atoms with Crippen LogP contribution < -0.4 is 10.0 Å². The molecule has 6 nitrogen and oxygen atoms in total. The Labute approximate surface area is 101 Å². The molecule has 0 radical (unpaired) electrons. The number of rotatable bonds is 4. The third-order valence-electron chi connectivity index (χ3n) is 2.77. The lowest BCUT2D eigenvalue weighted by Gasteiger charge is -2.12. The summed E-state index contributed by atoms with van der Waals surface area (Å²) in [5.41, 5.74) is 0.416. The molecule has 0 bridgehead atoms. The lowest BCUT2D eigenvalue weighted by atomic mass is 10.2. The normalized spacial score (nSPS) is 20.6. The maximum Gasteiger partial charge on any atom is 0.259 e. The third kappa shape index (κ3) is 2.99. The molecule has 1 aromatic rings. The number of hydrogen-bond acceptors (Lipinski definition) is 5. The summed E-state index contributed by atoms with van der Waals surface area (Å²) < 4.78 is 26.5. The van der Waals surface area contributed by atoms with E-state index in [9.17, 15) is 8.42 Å². The summed E-state index contributed by atoms with van der Waals surface area (Å²) in [6.07, 6.45) is 4.96. The molecule has 0 unspecified atom stereocenters. The van der Waals surface area contributed by atoms with Crippen molar-refractivity contribution in [2.24, 2.45) is 0 Å². The molecule has 17 heavy (non-hydrogen) atoms. The van der Waals surface area contributed by atoms with Crippen molar-refractivity contribution in [3.8, 4) is 0 Å². The van der Waals surface area contributed by atoms with Gasteiger partial charge >= 0.3 is 0 Å². The van der Waals surface area contributed by atoms with Crippen molar-refractivity contribution < 1.29 is 8.42 Å². The number of nitrogens with one attached hydrogen (secondary N) is 2. The number of aromatic nitrogens is 2. The number of sulfonamides is 1. The highest BCUT2D eigenvalue weighted by molar-refractivity contribution is 7.89. The van der Waals surface area contributed by atoms with Crippen LogP contribution in [0, 0.1) is 6.92 Å². The van der Waals surface area contributed by atoms with Crippen molar-refractivity contribution in [1.29, 1.82) is 0 Å². The Morgan fingerprint density at radius 3 is 2.88 bits per heavy atom. The minimum absolute atomic E-state index is 0.0120. The van der Waals surface area contributed by atoms with E-state index in [0.29, 0.717) is 12.2 Å². The topological polar surface area (TPSA) is 84.0 Å². The molecule has 2 heterocycles. The van der Waals surface area contributed by atoms with Gasteiger partial charge in [0.25, 0.3) is 10.0 Å². The van der Waals surface area contributed by atoms with E-state index < -0.39 is 10.0 Å². The van der Waals surface area contributed by atoms with Crippen molar-refractivity contribution in [3.63, 3.8) is 0 Å². The molecule has 1 aliphatic rings. The fourth-order valence-corrected chi connectivity index (χ4v) is 3.07. The Bertz CT molecular complexity index is 483. The van der Waals surface area contributed by atoms with Crippen LogP contribution in [-0.2, 0) is 10.0 Å². The fourth-order valence-electron chi connectivity index (χ4n) is 1.87. The van der Waals surface area contributed by atoms with E-state index in [2.05, 4.69) is 20.0 Å². The standard InChI is InChI=1S/C10H16N4O2S/c1-8-10(13-6-5-11-8)17(15,16)14-7-9-3-2-4-12-9/h5-6,9,12,14H,2-4,7H2,1H3/t9-/m0/s1. The molecule has 1 aromatic heterocycles. The van der Waals surface area contributed by atoms with E-state index in [0.717, 1.165) is 19.4 Å². The Hall–Kier alpha value is -1.05. The quantitative estimate of drug-likeness (QED) is 0.780. The summed E-state index contributed by atoms with van der Waals surface area (Å²) in [6, 6.07) is 0.224. The maximum absolute atomic E-state index is 12.0.